The number of amidine groups is 1. The molecule has 0 atom stereocenters. The van der Waals surface area contributed by atoms with Gasteiger partial charge in [-0.05, 0) is 66.1 Å². The molecule has 3 rings (SSSR count). The summed E-state index contributed by atoms with van der Waals surface area (Å²) in [4.78, 5) is 17.5. The highest BCUT2D eigenvalue weighted by Gasteiger charge is 2.24. The number of aliphatic imine (C=N–C) groups is 1. The molecular weight excluding hydrogens is 400 g/mol. The third kappa shape index (κ3) is 5.36. The Labute approximate surface area is 181 Å². The van der Waals surface area contributed by atoms with Gasteiger partial charge in [-0.1, -0.05) is 26.0 Å². The predicted molar refractivity (Wildman–Crippen MR) is 122 cm³/mol. The van der Waals surface area contributed by atoms with Crippen LogP contribution in [-0.2, 0) is 4.79 Å². The molecule has 0 radical (unpaired) electrons. The summed E-state index contributed by atoms with van der Waals surface area (Å²) in [5.41, 5.74) is 2.58. The molecule has 30 heavy (non-hydrogen) atoms. The molecule has 0 unspecified atom stereocenters. The zero-order valence-electron chi connectivity index (χ0n) is 17.8. The van der Waals surface area contributed by atoms with Crippen molar-refractivity contribution in [3.8, 4) is 17.2 Å². The maximum Gasteiger partial charge on any atom is 0.264 e. The highest BCUT2D eigenvalue weighted by Crippen LogP contribution is 2.34. The number of carbonyl (C=O) groups is 1. The minimum atomic E-state index is -0.190. The van der Waals surface area contributed by atoms with Gasteiger partial charge in [0.15, 0.2) is 16.7 Å². The van der Waals surface area contributed by atoms with Crippen LogP contribution in [0.15, 0.2) is 46.3 Å². The van der Waals surface area contributed by atoms with E-state index in [0.717, 1.165) is 11.1 Å². The number of nitrogens with zero attached hydrogens (tertiary/aromatic N) is 1. The summed E-state index contributed by atoms with van der Waals surface area (Å²) >= 11 is 1.29. The molecule has 7 heteroatoms. The molecule has 0 aliphatic carbocycles. The van der Waals surface area contributed by atoms with Crippen molar-refractivity contribution in [3.63, 3.8) is 0 Å². The van der Waals surface area contributed by atoms with Gasteiger partial charge in [-0.2, -0.15) is 0 Å². The van der Waals surface area contributed by atoms with Crippen molar-refractivity contribution >= 4 is 34.6 Å². The molecule has 1 aliphatic heterocycles. The summed E-state index contributed by atoms with van der Waals surface area (Å²) in [7, 11) is 3.20. The number of hydrogen-bond donors (Lipinski definition) is 1. The van der Waals surface area contributed by atoms with E-state index in [1.807, 2.05) is 49.4 Å². The maximum absolute atomic E-state index is 12.4. The second-order valence-electron chi connectivity index (χ2n) is 7.27. The van der Waals surface area contributed by atoms with Gasteiger partial charge in [0.2, 0.25) is 0 Å². The van der Waals surface area contributed by atoms with Gasteiger partial charge in [0.1, 0.15) is 11.4 Å². The molecule has 1 aliphatic rings. The van der Waals surface area contributed by atoms with Gasteiger partial charge < -0.3 is 19.5 Å². The number of amides is 1. The Balaban J connectivity index is 1.82. The number of ether oxygens (including phenoxy) is 3. The molecule has 2 aromatic rings. The lowest BCUT2D eigenvalue weighted by atomic mass is 10.2. The zero-order valence-corrected chi connectivity index (χ0v) is 18.6. The summed E-state index contributed by atoms with van der Waals surface area (Å²) in [5.74, 6) is 2.20. The van der Waals surface area contributed by atoms with E-state index in [4.69, 9.17) is 14.2 Å². The summed E-state index contributed by atoms with van der Waals surface area (Å²) in [6.07, 6.45) is 1.81. The number of carbonyl (C=O) groups excluding carboxylic acids is 1. The highest BCUT2D eigenvalue weighted by atomic mass is 32.2. The second kappa shape index (κ2) is 9.71. The first-order valence-corrected chi connectivity index (χ1v) is 10.5. The van der Waals surface area contributed by atoms with Crippen LogP contribution < -0.4 is 19.5 Å². The molecule has 0 spiro atoms. The van der Waals surface area contributed by atoms with Gasteiger partial charge in [-0.3, -0.25) is 4.79 Å². The van der Waals surface area contributed by atoms with E-state index in [1.165, 1.54) is 11.8 Å². The first-order valence-electron chi connectivity index (χ1n) is 9.64. The standard InChI is InChI=1S/C23H26N2O4S/c1-14(2)13-29-19-9-7-16(11-20(19)28-5)12-21-22(26)25-23(30-21)24-17-10-15(3)6-8-18(17)27-4/h6-12,14H,13H2,1-5H3,(H,24,25,26)/b21-12-. The van der Waals surface area contributed by atoms with Gasteiger partial charge >= 0.3 is 0 Å². The van der Waals surface area contributed by atoms with Gasteiger partial charge in [-0.15, -0.1) is 0 Å². The zero-order chi connectivity index (χ0) is 21.7. The number of hydrogen-bond acceptors (Lipinski definition) is 6. The van der Waals surface area contributed by atoms with E-state index in [9.17, 15) is 4.79 Å². The SMILES string of the molecule is COc1ccc(C)cc1N=C1NC(=O)/C(=C/c2ccc(OCC(C)C)c(OC)c2)S1. The molecule has 1 amide bonds. The first kappa shape index (κ1) is 21.8. The van der Waals surface area contributed by atoms with Crippen LogP contribution in [0.3, 0.4) is 0 Å². The number of aryl methyl sites for hydroxylation is 1. The van der Waals surface area contributed by atoms with Crippen molar-refractivity contribution in [2.75, 3.05) is 20.8 Å². The molecule has 1 heterocycles. The topological polar surface area (TPSA) is 69.2 Å². The molecular formula is C23H26N2O4S. The molecule has 0 aromatic heterocycles. The fourth-order valence-electron chi connectivity index (χ4n) is 2.78. The fraction of sp³-hybridized carbons (Fsp3) is 0.304. The van der Waals surface area contributed by atoms with Crippen LogP contribution in [0.25, 0.3) is 6.08 Å². The summed E-state index contributed by atoms with van der Waals surface area (Å²) in [6.45, 7) is 6.77. The van der Waals surface area contributed by atoms with E-state index in [0.29, 0.717) is 45.5 Å². The van der Waals surface area contributed by atoms with E-state index in [1.54, 1.807) is 14.2 Å². The quantitative estimate of drug-likeness (QED) is 0.635. The van der Waals surface area contributed by atoms with Crippen molar-refractivity contribution in [1.29, 1.82) is 0 Å². The third-order valence-electron chi connectivity index (χ3n) is 4.26. The summed E-state index contributed by atoms with van der Waals surface area (Å²) in [6, 6.07) is 11.4. The van der Waals surface area contributed by atoms with E-state index < -0.39 is 0 Å². The van der Waals surface area contributed by atoms with Gasteiger partial charge in [0, 0.05) is 0 Å². The normalized spacial score (nSPS) is 16.3. The minimum Gasteiger partial charge on any atom is -0.494 e. The number of benzene rings is 2. The van der Waals surface area contributed by atoms with Gasteiger partial charge in [0.25, 0.3) is 5.91 Å². The molecule has 158 valence electrons. The van der Waals surface area contributed by atoms with Crippen molar-refractivity contribution < 1.29 is 19.0 Å². The lowest BCUT2D eigenvalue weighted by Crippen LogP contribution is -2.19. The molecule has 1 fully saturated rings. The Bertz CT molecular complexity index is 999. The minimum absolute atomic E-state index is 0.190. The smallest absolute Gasteiger partial charge is 0.264 e. The second-order valence-corrected chi connectivity index (χ2v) is 8.30. The Morgan fingerprint density at radius 3 is 2.50 bits per heavy atom. The first-order chi connectivity index (χ1) is 14.4. The van der Waals surface area contributed by atoms with Crippen molar-refractivity contribution in [2.45, 2.75) is 20.8 Å². The fourth-order valence-corrected chi connectivity index (χ4v) is 3.61. The van der Waals surface area contributed by atoms with Crippen molar-refractivity contribution in [2.24, 2.45) is 10.9 Å². The Kier molecular flexibility index (Phi) is 7.05. The number of rotatable bonds is 7. The van der Waals surface area contributed by atoms with Crippen LogP contribution in [0, 0.1) is 12.8 Å². The lowest BCUT2D eigenvalue weighted by Gasteiger charge is -2.12. The average molecular weight is 427 g/mol. The lowest BCUT2D eigenvalue weighted by molar-refractivity contribution is -0.115. The van der Waals surface area contributed by atoms with Crippen LogP contribution in [-0.4, -0.2) is 31.9 Å². The molecule has 0 saturated carbocycles. The molecule has 1 N–H and O–H groups in total. The summed E-state index contributed by atoms with van der Waals surface area (Å²) in [5, 5.41) is 3.32. The Morgan fingerprint density at radius 2 is 1.80 bits per heavy atom. The van der Waals surface area contributed by atoms with Crippen LogP contribution >= 0.6 is 11.8 Å². The number of methoxy groups -OCH3 is 2. The van der Waals surface area contributed by atoms with Crippen LogP contribution in [0.4, 0.5) is 5.69 Å². The van der Waals surface area contributed by atoms with Gasteiger partial charge in [0.05, 0.1) is 25.7 Å². The van der Waals surface area contributed by atoms with Crippen LogP contribution in [0.5, 0.6) is 17.2 Å². The highest BCUT2D eigenvalue weighted by molar-refractivity contribution is 8.18. The predicted octanol–water partition coefficient (Wildman–Crippen LogP) is 4.94. The van der Waals surface area contributed by atoms with Crippen LogP contribution in [0.1, 0.15) is 25.0 Å². The third-order valence-corrected chi connectivity index (χ3v) is 5.17. The summed E-state index contributed by atoms with van der Waals surface area (Å²) < 4.78 is 16.6. The van der Waals surface area contributed by atoms with Crippen molar-refractivity contribution in [3.05, 3.63) is 52.4 Å². The monoisotopic (exact) mass is 426 g/mol. The van der Waals surface area contributed by atoms with Gasteiger partial charge in [-0.25, -0.2) is 4.99 Å². The number of thioether (sulfide) groups is 1. The average Bonchev–Trinajstić information content (AvgIpc) is 3.05. The Hall–Kier alpha value is -2.93. The molecule has 2 aromatic carbocycles. The van der Waals surface area contributed by atoms with Crippen LogP contribution in [0.2, 0.25) is 0 Å². The van der Waals surface area contributed by atoms with E-state index in [2.05, 4.69) is 24.2 Å². The van der Waals surface area contributed by atoms with E-state index in [-0.39, 0.29) is 5.91 Å². The van der Waals surface area contributed by atoms with Crippen molar-refractivity contribution in [1.82, 2.24) is 5.32 Å². The molecule has 0 bridgehead atoms. The maximum atomic E-state index is 12.4. The number of nitrogens with one attached hydrogen (secondary N) is 1. The molecule has 6 nitrogen and oxygen atoms in total. The largest absolute Gasteiger partial charge is 0.494 e. The van der Waals surface area contributed by atoms with E-state index >= 15 is 0 Å². The molecule has 1 saturated heterocycles. The Morgan fingerprint density at radius 1 is 1.07 bits per heavy atom.